The number of nitrogens with one attached hydrogen (secondary N) is 2. The molecule has 0 spiro atoms. The van der Waals surface area contributed by atoms with Gasteiger partial charge >= 0.3 is 6.18 Å². The predicted octanol–water partition coefficient (Wildman–Crippen LogP) is 4.12. The molecule has 1 aliphatic heterocycles. The molecular formula is C29H30F3N5O3. The van der Waals surface area contributed by atoms with Gasteiger partial charge in [0.1, 0.15) is 6.04 Å². The summed E-state index contributed by atoms with van der Waals surface area (Å²) in [7, 11) is 1.59. The van der Waals surface area contributed by atoms with Gasteiger partial charge in [0.15, 0.2) is 0 Å². The third kappa shape index (κ3) is 5.25. The Morgan fingerprint density at radius 1 is 1.12 bits per heavy atom. The molecule has 1 aromatic heterocycles. The minimum atomic E-state index is -4.66. The number of anilines is 2. The first-order chi connectivity index (χ1) is 19.0. The van der Waals surface area contributed by atoms with Gasteiger partial charge in [0, 0.05) is 18.5 Å². The Kier molecular flexibility index (Phi) is 7.26. The molecule has 5 rings (SSSR count). The average Bonchev–Trinajstić information content (AvgIpc) is 3.78. The summed E-state index contributed by atoms with van der Waals surface area (Å²) in [5.41, 5.74) is 1.74. The first-order valence-electron chi connectivity index (χ1n) is 13.1. The number of amides is 3. The van der Waals surface area contributed by atoms with Crippen molar-refractivity contribution in [3.05, 3.63) is 65.4 Å². The number of pyridine rings is 1. The van der Waals surface area contributed by atoms with Gasteiger partial charge in [-0.2, -0.15) is 13.2 Å². The maximum Gasteiger partial charge on any atom is 0.416 e. The van der Waals surface area contributed by atoms with Crippen molar-refractivity contribution in [3.63, 3.8) is 0 Å². The lowest BCUT2D eigenvalue weighted by atomic mass is 9.99. The SMILES string of the molecule is CNC(C)C(=O)NC1CN(C(C)=O)c2cc(C(F)(F)F)ccc2N(Cc2c(C3CC3)cnc3ccccc23)C1=O. The highest BCUT2D eigenvalue weighted by molar-refractivity contribution is 6.08. The molecule has 40 heavy (non-hydrogen) atoms. The van der Waals surface area contributed by atoms with Crippen LogP contribution in [0.4, 0.5) is 24.5 Å². The van der Waals surface area contributed by atoms with Gasteiger partial charge < -0.3 is 20.4 Å². The van der Waals surface area contributed by atoms with E-state index >= 15 is 0 Å². The topological polar surface area (TPSA) is 94.6 Å². The van der Waals surface area contributed by atoms with E-state index in [1.54, 1.807) is 20.2 Å². The molecule has 1 saturated carbocycles. The highest BCUT2D eigenvalue weighted by Gasteiger charge is 2.40. The van der Waals surface area contributed by atoms with E-state index < -0.39 is 41.5 Å². The van der Waals surface area contributed by atoms with Crippen LogP contribution in [0, 0.1) is 0 Å². The van der Waals surface area contributed by atoms with Crippen LogP contribution in [0.5, 0.6) is 0 Å². The number of alkyl halides is 3. The summed E-state index contributed by atoms with van der Waals surface area (Å²) >= 11 is 0. The highest BCUT2D eigenvalue weighted by Crippen LogP contribution is 2.45. The van der Waals surface area contributed by atoms with Gasteiger partial charge in [0.2, 0.25) is 11.8 Å². The van der Waals surface area contributed by atoms with Crippen LogP contribution in [0.25, 0.3) is 10.9 Å². The molecule has 1 aliphatic carbocycles. The molecule has 0 bridgehead atoms. The van der Waals surface area contributed by atoms with Crippen LogP contribution >= 0.6 is 0 Å². The van der Waals surface area contributed by atoms with Crippen LogP contribution in [0.1, 0.15) is 49.3 Å². The van der Waals surface area contributed by atoms with Crippen molar-refractivity contribution in [3.8, 4) is 0 Å². The van der Waals surface area contributed by atoms with Gasteiger partial charge in [0.05, 0.1) is 41.6 Å². The fourth-order valence-corrected chi connectivity index (χ4v) is 5.10. The molecule has 3 aromatic rings. The zero-order valence-electron chi connectivity index (χ0n) is 22.4. The van der Waals surface area contributed by atoms with Gasteiger partial charge in [-0.1, -0.05) is 18.2 Å². The molecule has 210 valence electrons. The van der Waals surface area contributed by atoms with Gasteiger partial charge in [-0.05, 0) is 68.1 Å². The number of halogens is 3. The van der Waals surface area contributed by atoms with Crippen LogP contribution in [0.3, 0.4) is 0 Å². The van der Waals surface area contributed by atoms with E-state index in [9.17, 15) is 27.6 Å². The Morgan fingerprint density at radius 3 is 2.50 bits per heavy atom. The van der Waals surface area contributed by atoms with Crippen molar-refractivity contribution in [2.75, 3.05) is 23.4 Å². The number of carbonyl (C=O) groups is 3. The number of likely N-dealkylation sites (N-methyl/N-ethyl adjacent to an activating group) is 1. The fourth-order valence-electron chi connectivity index (χ4n) is 5.10. The smallest absolute Gasteiger partial charge is 0.341 e. The first kappa shape index (κ1) is 27.6. The molecule has 2 aromatic carbocycles. The normalized spacial score (nSPS) is 18.4. The Morgan fingerprint density at radius 2 is 1.85 bits per heavy atom. The van der Waals surface area contributed by atoms with Crippen LogP contribution in [0.2, 0.25) is 0 Å². The van der Waals surface area contributed by atoms with E-state index in [4.69, 9.17) is 0 Å². The number of fused-ring (bicyclic) bond motifs is 2. The summed E-state index contributed by atoms with van der Waals surface area (Å²) in [6, 6.07) is 8.71. The van der Waals surface area contributed by atoms with Crippen molar-refractivity contribution in [2.45, 2.75) is 57.4 Å². The number of aromatic nitrogens is 1. The second-order valence-electron chi connectivity index (χ2n) is 10.3. The van der Waals surface area contributed by atoms with E-state index in [1.165, 1.54) is 17.9 Å². The monoisotopic (exact) mass is 553 g/mol. The first-order valence-corrected chi connectivity index (χ1v) is 13.1. The largest absolute Gasteiger partial charge is 0.416 e. The molecule has 2 unspecified atom stereocenters. The van der Waals surface area contributed by atoms with Crippen LogP contribution in [0.15, 0.2) is 48.7 Å². The van der Waals surface area contributed by atoms with E-state index in [1.807, 2.05) is 24.3 Å². The van der Waals surface area contributed by atoms with E-state index in [-0.39, 0.29) is 30.4 Å². The summed E-state index contributed by atoms with van der Waals surface area (Å²) in [4.78, 5) is 46.9. The molecule has 0 saturated heterocycles. The Hall–Kier alpha value is -3.99. The van der Waals surface area contributed by atoms with Gasteiger partial charge in [-0.15, -0.1) is 0 Å². The van der Waals surface area contributed by atoms with Crippen molar-refractivity contribution >= 4 is 40.0 Å². The van der Waals surface area contributed by atoms with Crippen molar-refractivity contribution in [1.29, 1.82) is 0 Å². The van der Waals surface area contributed by atoms with Crippen molar-refractivity contribution in [1.82, 2.24) is 15.6 Å². The molecule has 1 fully saturated rings. The van der Waals surface area contributed by atoms with Gasteiger partial charge in [-0.25, -0.2) is 0 Å². The highest BCUT2D eigenvalue weighted by atomic mass is 19.4. The molecule has 8 nitrogen and oxygen atoms in total. The lowest BCUT2D eigenvalue weighted by Crippen LogP contribution is -2.55. The van der Waals surface area contributed by atoms with Crippen LogP contribution in [-0.4, -0.2) is 48.4 Å². The second kappa shape index (κ2) is 10.5. The van der Waals surface area contributed by atoms with Crippen LogP contribution < -0.4 is 20.4 Å². The second-order valence-corrected chi connectivity index (χ2v) is 10.3. The quantitative estimate of drug-likeness (QED) is 0.479. The summed E-state index contributed by atoms with van der Waals surface area (Å²) < 4.78 is 41.3. The molecular weight excluding hydrogens is 523 g/mol. The maximum absolute atomic E-state index is 14.2. The zero-order chi connectivity index (χ0) is 28.8. The summed E-state index contributed by atoms with van der Waals surface area (Å²) in [6.07, 6.45) is -0.896. The van der Waals surface area contributed by atoms with E-state index in [0.717, 1.165) is 51.9 Å². The molecule has 3 amide bonds. The third-order valence-electron chi connectivity index (χ3n) is 7.59. The predicted molar refractivity (Wildman–Crippen MR) is 145 cm³/mol. The molecule has 11 heteroatoms. The fraction of sp³-hybridized carbons (Fsp3) is 0.379. The lowest BCUT2D eigenvalue weighted by molar-refractivity contribution is -0.137. The molecule has 2 atom stereocenters. The zero-order valence-corrected chi connectivity index (χ0v) is 22.4. The number of benzene rings is 2. The average molecular weight is 554 g/mol. The Labute approximate surface area is 229 Å². The molecule has 2 aliphatic rings. The standard InChI is InChI=1S/C29H30F3N5O3/c1-16(33-3)27(39)35-24-15-36(17(2)38)26-12-19(29(30,31)32)10-11-25(26)37(28(24)40)14-22-20-6-4-5-7-23(20)34-13-21(22)18-8-9-18/h4-7,10-13,16,18,24,33H,8-9,14-15H2,1-3H3,(H,35,39). The summed E-state index contributed by atoms with van der Waals surface area (Å²) in [5.74, 6) is -1.27. The molecule has 2 N–H and O–H groups in total. The molecule has 0 radical (unpaired) electrons. The van der Waals surface area contributed by atoms with Crippen LogP contribution in [-0.2, 0) is 27.1 Å². The number of hydrogen-bond acceptors (Lipinski definition) is 5. The minimum Gasteiger partial charge on any atom is -0.341 e. The minimum absolute atomic E-state index is 0.0335. The van der Waals surface area contributed by atoms with E-state index in [2.05, 4.69) is 15.6 Å². The van der Waals surface area contributed by atoms with Gasteiger partial charge in [-0.3, -0.25) is 19.4 Å². The van der Waals surface area contributed by atoms with Crippen molar-refractivity contribution < 1.29 is 27.6 Å². The number of carbonyl (C=O) groups excluding carboxylic acids is 3. The third-order valence-corrected chi connectivity index (χ3v) is 7.59. The van der Waals surface area contributed by atoms with E-state index in [0.29, 0.717) is 0 Å². The van der Waals surface area contributed by atoms with Crippen molar-refractivity contribution in [2.24, 2.45) is 0 Å². The lowest BCUT2D eigenvalue weighted by Gasteiger charge is -2.28. The molecule has 2 heterocycles. The number of hydrogen-bond donors (Lipinski definition) is 2. The van der Waals surface area contributed by atoms with Gasteiger partial charge in [0.25, 0.3) is 5.91 Å². The Bertz CT molecular complexity index is 1490. The number of nitrogens with zero attached hydrogens (tertiary/aromatic N) is 3. The number of rotatable bonds is 6. The Balaban J connectivity index is 1.68. The summed E-state index contributed by atoms with van der Waals surface area (Å²) in [5, 5.41) is 6.35. The maximum atomic E-state index is 14.2. The number of para-hydroxylation sites is 1. The summed E-state index contributed by atoms with van der Waals surface area (Å²) in [6.45, 7) is 2.56.